The number of anilines is 1. The number of benzene rings is 1. The summed E-state index contributed by atoms with van der Waals surface area (Å²) < 4.78 is 0. The van der Waals surface area contributed by atoms with Gasteiger partial charge in [0.05, 0.1) is 30.1 Å². The topological polar surface area (TPSA) is 38.9 Å². The van der Waals surface area contributed by atoms with Crippen LogP contribution in [0.4, 0.5) is 5.82 Å². The Morgan fingerprint density at radius 3 is 1.74 bits per heavy atom. The summed E-state index contributed by atoms with van der Waals surface area (Å²) in [5.41, 5.74) is 6.48. The predicted octanol–water partition coefficient (Wildman–Crippen LogP) is 6.25. The van der Waals surface area contributed by atoms with Gasteiger partial charge >= 0.3 is 0 Å². The molecule has 1 heterocycles. The molecule has 1 aromatic heterocycles. The Hall–Kier alpha value is -0.0900. The molecule has 2 aromatic rings. The van der Waals surface area contributed by atoms with Gasteiger partial charge in [-0.1, -0.05) is 69.6 Å². The van der Waals surface area contributed by atoms with E-state index in [2.05, 4.69) is 4.98 Å². The second-order valence-electron chi connectivity index (χ2n) is 3.54. The number of hydrogen-bond acceptors (Lipinski definition) is 2. The van der Waals surface area contributed by atoms with Gasteiger partial charge in [0.15, 0.2) is 0 Å². The van der Waals surface area contributed by atoms with E-state index in [0.29, 0.717) is 11.1 Å². The molecule has 0 saturated heterocycles. The van der Waals surface area contributed by atoms with Crippen molar-refractivity contribution in [3.8, 4) is 11.1 Å². The molecule has 8 heteroatoms. The first-order valence-electron chi connectivity index (χ1n) is 4.77. The molecule has 2 rings (SSSR count). The molecule has 0 unspecified atom stereocenters. The average molecular weight is 377 g/mol. The lowest BCUT2D eigenvalue weighted by Crippen LogP contribution is -1.93. The first-order chi connectivity index (χ1) is 8.84. The zero-order valence-corrected chi connectivity index (χ0v) is 13.5. The van der Waals surface area contributed by atoms with Crippen LogP contribution < -0.4 is 5.73 Å². The molecule has 0 fully saturated rings. The molecule has 19 heavy (non-hydrogen) atoms. The summed E-state index contributed by atoms with van der Waals surface area (Å²) >= 11 is 36.1. The van der Waals surface area contributed by atoms with Crippen molar-refractivity contribution in [3.05, 3.63) is 42.4 Å². The van der Waals surface area contributed by atoms with E-state index in [1.54, 1.807) is 6.07 Å². The highest BCUT2D eigenvalue weighted by atomic mass is 35.5. The molecule has 0 radical (unpaired) electrons. The van der Waals surface area contributed by atoms with Crippen LogP contribution in [0.2, 0.25) is 30.1 Å². The van der Waals surface area contributed by atoms with Crippen LogP contribution in [-0.2, 0) is 0 Å². The molecule has 0 amide bonds. The minimum Gasteiger partial charge on any atom is -0.382 e. The number of hydrogen-bond donors (Lipinski definition) is 1. The molecule has 1 aromatic carbocycles. The van der Waals surface area contributed by atoms with Crippen LogP contribution in [0.15, 0.2) is 12.3 Å². The normalized spacial score (nSPS) is 10.8. The molecule has 0 atom stereocenters. The number of pyridine rings is 1. The average Bonchev–Trinajstić information content (AvgIpc) is 2.38. The van der Waals surface area contributed by atoms with Gasteiger partial charge in [-0.3, -0.25) is 0 Å². The van der Waals surface area contributed by atoms with Crippen LogP contribution in [0.1, 0.15) is 0 Å². The molecule has 0 aliphatic carbocycles. The standard InChI is InChI=1S/C11H4Cl6N2/c12-4-1-3(2-19-11(4)18)5-6(13)8(15)10(17)9(16)7(5)14/h1-2H,(H2,18,19). The van der Waals surface area contributed by atoms with Crippen molar-refractivity contribution in [2.24, 2.45) is 0 Å². The molecule has 2 nitrogen and oxygen atoms in total. The van der Waals surface area contributed by atoms with E-state index < -0.39 is 0 Å². The van der Waals surface area contributed by atoms with Crippen LogP contribution in [0.25, 0.3) is 11.1 Å². The van der Waals surface area contributed by atoms with Gasteiger partial charge in [-0.2, -0.15) is 0 Å². The number of nitrogen functional groups attached to an aromatic ring is 1. The SMILES string of the molecule is Nc1ncc(-c2c(Cl)c(Cl)c(Cl)c(Cl)c2Cl)cc1Cl. The van der Waals surface area contributed by atoms with Gasteiger partial charge < -0.3 is 5.73 Å². The summed E-state index contributed by atoms with van der Waals surface area (Å²) in [4.78, 5) is 3.93. The highest BCUT2D eigenvalue weighted by Gasteiger charge is 2.21. The molecule has 0 bridgehead atoms. The molecule has 0 saturated carbocycles. The molecule has 0 aliphatic heterocycles. The fourth-order valence-electron chi connectivity index (χ4n) is 1.44. The first-order valence-corrected chi connectivity index (χ1v) is 7.04. The number of nitrogens with zero attached hydrogens (tertiary/aromatic N) is 1. The molecule has 100 valence electrons. The minimum absolute atomic E-state index is 0.0941. The fourth-order valence-corrected chi connectivity index (χ4v) is 2.97. The zero-order chi connectivity index (χ0) is 14.3. The summed E-state index contributed by atoms with van der Waals surface area (Å²) in [6.07, 6.45) is 1.47. The van der Waals surface area contributed by atoms with Crippen molar-refractivity contribution in [3.63, 3.8) is 0 Å². The maximum absolute atomic E-state index is 6.14. The summed E-state index contributed by atoms with van der Waals surface area (Å²) in [5, 5.41) is 0.928. The van der Waals surface area contributed by atoms with E-state index in [1.165, 1.54) is 6.20 Å². The summed E-state index contributed by atoms with van der Waals surface area (Å²) in [5.74, 6) is 0.198. The highest BCUT2D eigenvalue weighted by Crippen LogP contribution is 2.48. The third-order valence-corrected chi connectivity index (χ3v) is 4.95. The van der Waals surface area contributed by atoms with Gasteiger partial charge in [0, 0.05) is 17.3 Å². The molecular formula is C11H4Cl6N2. The van der Waals surface area contributed by atoms with Crippen LogP contribution in [-0.4, -0.2) is 4.98 Å². The van der Waals surface area contributed by atoms with Crippen molar-refractivity contribution in [2.45, 2.75) is 0 Å². The largest absolute Gasteiger partial charge is 0.382 e. The van der Waals surface area contributed by atoms with Crippen molar-refractivity contribution in [1.82, 2.24) is 4.98 Å². The van der Waals surface area contributed by atoms with Crippen LogP contribution in [0, 0.1) is 0 Å². The Morgan fingerprint density at radius 2 is 1.26 bits per heavy atom. The van der Waals surface area contributed by atoms with Crippen molar-refractivity contribution in [2.75, 3.05) is 5.73 Å². The smallest absolute Gasteiger partial charge is 0.142 e. The zero-order valence-electron chi connectivity index (χ0n) is 8.95. The Labute approximate surface area is 139 Å². The number of aromatic nitrogens is 1. The third kappa shape index (κ3) is 2.71. The maximum atomic E-state index is 6.14. The lowest BCUT2D eigenvalue weighted by Gasteiger charge is -2.13. The number of halogens is 6. The van der Waals surface area contributed by atoms with E-state index in [0.717, 1.165) is 0 Å². The van der Waals surface area contributed by atoms with Crippen molar-refractivity contribution < 1.29 is 0 Å². The van der Waals surface area contributed by atoms with Gasteiger partial charge in [-0.25, -0.2) is 4.98 Å². The summed E-state index contributed by atoms with van der Waals surface area (Å²) in [6.45, 7) is 0. The highest BCUT2D eigenvalue weighted by molar-refractivity contribution is 6.56. The van der Waals surface area contributed by atoms with Crippen molar-refractivity contribution in [1.29, 1.82) is 0 Å². The number of rotatable bonds is 1. The fraction of sp³-hybridized carbons (Fsp3) is 0. The van der Waals surface area contributed by atoms with Crippen LogP contribution in [0.5, 0.6) is 0 Å². The second kappa shape index (κ2) is 5.72. The molecule has 0 spiro atoms. The first kappa shape index (κ1) is 15.3. The summed E-state index contributed by atoms with van der Waals surface area (Å²) in [7, 11) is 0. The second-order valence-corrected chi connectivity index (χ2v) is 5.83. The van der Waals surface area contributed by atoms with Gasteiger partial charge in [0.2, 0.25) is 0 Å². The van der Waals surface area contributed by atoms with Crippen molar-refractivity contribution >= 4 is 75.4 Å². The van der Waals surface area contributed by atoms with Gasteiger partial charge in [-0.15, -0.1) is 0 Å². The molecule has 0 aliphatic rings. The van der Waals surface area contributed by atoms with E-state index >= 15 is 0 Å². The van der Waals surface area contributed by atoms with E-state index in [9.17, 15) is 0 Å². The monoisotopic (exact) mass is 374 g/mol. The minimum atomic E-state index is 0.0941. The third-order valence-electron chi connectivity index (χ3n) is 2.37. The van der Waals surface area contributed by atoms with Gasteiger partial charge in [0.1, 0.15) is 5.82 Å². The Bertz CT molecular complexity index is 642. The Balaban J connectivity index is 2.79. The van der Waals surface area contributed by atoms with E-state index in [-0.39, 0.29) is 36.0 Å². The lowest BCUT2D eigenvalue weighted by molar-refractivity contribution is 1.34. The maximum Gasteiger partial charge on any atom is 0.142 e. The summed E-state index contributed by atoms with van der Waals surface area (Å²) in [6, 6.07) is 1.57. The lowest BCUT2D eigenvalue weighted by atomic mass is 10.1. The Kier molecular flexibility index (Phi) is 4.61. The van der Waals surface area contributed by atoms with Gasteiger partial charge in [-0.05, 0) is 6.07 Å². The quantitative estimate of drug-likeness (QED) is 0.471. The predicted molar refractivity (Wildman–Crippen MR) is 84.1 cm³/mol. The van der Waals surface area contributed by atoms with Crippen LogP contribution in [0.3, 0.4) is 0 Å². The van der Waals surface area contributed by atoms with E-state index in [4.69, 9.17) is 75.3 Å². The molecular weight excluding hydrogens is 373 g/mol. The van der Waals surface area contributed by atoms with E-state index in [1.807, 2.05) is 0 Å². The van der Waals surface area contributed by atoms with Crippen LogP contribution >= 0.6 is 69.6 Å². The number of nitrogens with two attached hydrogens (primary N) is 1. The Morgan fingerprint density at radius 1 is 0.789 bits per heavy atom. The molecule has 2 N–H and O–H groups in total. The van der Waals surface area contributed by atoms with Gasteiger partial charge in [0.25, 0.3) is 0 Å².